The highest BCUT2D eigenvalue weighted by atomic mass is 16.3. The molecule has 1 aromatic rings. The van der Waals surface area contributed by atoms with Gasteiger partial charge in [-0.05, 0) is 19.8 Å². The second-order valence-electron chi connectivity index (χ2n) is 7.94. The molecular weight excluding hydrogens is 304 g/mol. The van der Waals surface area contributed by atoms with E-state index in [1.165, 1.54) is 0 Å². The van der Waals surface area contributed by atoms with Crippen molar-refractivity contribution in [1.82, 2.24) is 19.7 Å². The van der Waals surface area contributed by atoms with Crippen LogP contribution < -0.4 is 0 Å². The van der Waals surface area contributed by atoms with Crippen molar-refractivity contribution in [2.75, 3.05) is 32.7 Å². The van der Waals surface area contributed by atoms with Crippen molar-refractivity contribution in [2.45, 2.75) is 58.5 Å². The summed E-state index contributed by atoms with van der Waals surface area (Å²) in [6.07, 6.45) is 3.86. The highest BCUT2D eigenvalue weighted by molar-refractivity contribution is 5.76. The molecule has 3 rings (SSSR count). The minimum atomic E-state index is 0.0238. The van der Waals surface area contributed by atoms with Crippen LogP contribution in [0.2, 0.25) is 0 Å². The van der Waals surface area contributed by atoms with Crippen LogP contribution in [0, 0.1) is 0 Å². The van der Waals surface area contributed by atoms with E-state index in [0.29, 0.717) is 6.04 Å². The second-order valence-corrected chi connectivity index (χ2v) is 7.94. The minimum absolute atomic E-state index is 0.0238. The lowest BCUT2D eigenvalue weighted by Gasteiger charge is -2.36. The number of hydrogen-bond donors (Lipinski definition) is 0. The van der Waals surface area contributed by atoms with E-state index in [2.05, 4.69) is 35.6 Å². The summed E-state index contributed by atoms with van der Waals surface area (Å²) in [5.74, 6) is 0.799. The zero-order valence-corrected chi connectivity index (χ0v) is 15.4. The van der Waals surface area contributed by atoms with E-state index < -0.39 is 0 Å². The lowest BCUT2D eigenvalue weighted by Crippen LogP contribution is -2.46. The van der Waals surface area contributed by atoms with Gasteiger partial charge in [0.05, 0.1) is 12.2 Å². The molecular formula is C18H30N4O2. The number of urea groups is 1. The standard InChI is InChI=1S/C18H30N4O2/c1-5-21-10-11-22(17(21)23)14-6-8-20(9-7-14)12-16-19-15(13-24-16)18(2,3)4/h13-14H,5-12H2,1-4H3. The van der Waals surface area contributed by atoms with Gasteiger partial charge in [0.2, 0.25) is 5.89 Å². The fourth-order valence-corrected chi connectivity index (χ4v) is 3.54. The zero-order chi connectivity index (χ0) is 17.3. The van der Waals surface area contributed by atoms with E-state index in [9.17, 15) is 4.79 Å². The van der Waals surface area contributed by atoms with Crippen LogP contribution in [0.5, 0.6) is 0 Å². The molecule has 2 aliphatic heterocycles. The van der Waals surface area contributed by atoms with Crippen molar-refractivity contribution in [2.24, 2.45) is 0 Å². The van der Waals surface area contributed by atoms with Crippen LogP contribution in [0.3, 0.4) is 0 Å². The highest BCUT2D eigenvalue weighted by Gasteiger charge is 2.34. The molecule has 0 aliphatic carbocycles. The molecule has 0 bridgehead atoms. The Kier molecular flexibility index (Phi) is 4.85. The number of likely N-dealkylation sites (N-methyl/N-ethyl adjacent to an activating group) is 1. The van der Waals surface area contributed by atoms with Gasteiger partial charge in [-0.25, -0.2) is 9.78 Å². The number of oxazole rings is 1. The van der Waals surface area contributed by atoms with Crippen molar-refractivity contribution in [3.8, 4) is 0 Å². The molecule has 2 fully saturated rings. The third-order valence-corrected chi connectivity index (χ3v) is 5.19. The van der Waals surface area contributed by atoms with Crippen LogP contribution in [-0.2, 0) is 12.0 Å². The number of hydrogen-bond acceptors (Lipinski definition) is 4. The van der Waals surface area contributed by atoms with Crippen molar-refractivity contribution in [3.63, 3.8) is 0 Å². The molecule has 134 valence electrons. The Morgan fingerprint density at radius 2 is 1.92 bits per heavy atom. The molecule has 6 heteroatoms. The number of amides is 2. The minimum Gasteiger partial charge on any atom is -0.447 e. The van der Waals surface area contributed by atoms with Gasteiger partial charge in [-0.15, -0.1) is 0 Å². The smallest absolute Gasteiger partial charge is 0.320 e. The van der Waals surface area contributed by atoms with E-state index in [4.69, 9.17) is 4.42 Å². The Bertz CT molecular complexity index is 570. The van der Waals surface area contributed by atoms with Crippen LogP contribution in [0.15, 0.2) is 10.7 Å². The van der Waals surface area contributed by atoms with Crippen molar-refractivity contribution in [3.05, 3.63) is 17.8 Å². The number of piperidine rings is 1. The Hall–Kier alpha value is -1.56. The van der Waals surface area contributed by atoms with Gasteiger partial charge in [0.15, 0.2) is 0 Å². The first-order chi connectivity index (χ1) is 11.4. The SMILES string of the molecule is CCN1CCN(C2CCN(Cc3nc(C(C)(C)C)co3)CC2)C1=O. The van der Waals surface area contributed by atoms with Crippen LogP contribution >= 0.6 is 0 Å². The first-order valence-electron chi connectivity index (χ1n) is 9.11. The van der Waals surface area contributed by atoms with Gasteiger partial charge in [-0.1, -0.05) is 20.8 Å². The summed E-state index contributed by atoms with van der Waals surface area (Å²) in [7, 11) is 0. The molecule has 0 spiro atoms. The van der Waals surface area contributed by atoms with E-state index >= 15 is 0 Å². The van der Waals surface area contributed by atoms with Crippen molar-refractivity contribution < 1.29 is 9.21 Å². The number of nitrogens with zero attached hydrogens (tertiary/aromatic N) is 4. The van der Waals surface area contributed by atoms with Gasteiger partial charge in [-0.2, -0.15) is 0 Å². The average Bonchev–Trinajstić information content (AvgIpc) is 3.14. The number of rotatable bonds is 4. The first-order valence-corrected chi connectivity index (χ1v) is 9.11. The third-order valence-electron chi connectivity index (χ3n) is 5.19. The summed E-state index contributed by atoms with van der Waals surface area (Å²) < 4.78 is 5.64. The summed E-state index contributed by atoms with van der Waals surface area (Å²) >= 11 is 0. The third kappa shape index (κ3) is 3.58. The Morgan fingerprint density at radius 1 is 1.21 bits per heavy atom. The van der Waals surface area contributed by atoms with Gasteiger partial charge in [0, 0.05) is 44.2 Å². The maximum Gasteiger partial charge on any atom is 0.320 e. The summed E-state index contributed by atoms with van der Waals surface area (Å²) in [6, 6.07) is 0.610. The largest absolute Gasteiger partial charge is 0.447 e. The molecule has 2 aliphatic rings. The van der Waals surface area contributed by atoms with Gasteiger partial charge >= 0.3 is 6.03 Å². The van der Waals surface area contributed by atoms with Crippen LogP contribution in [-0.4, -0.2) is 64.5 Å². The molecule has 1 aromatic heterocycles. The second kappa shape index (κ2) is 6.75. The van der Waals surface area contributed by atoms with E-state index in [0.717, 1.165) is 63.7 Å². The van der Waals surface area contributed by atoms with Crippen LogP contribution in [0.1, 0.15) is 52.1 Å². The van der Waals surface area contributed by atoms with Gasteiger partial charge in [-0.3, -0.25) is 4.90 Å². The van der Waals surface area contributed by atoms with Crippen molar-refractivity contribution >= 4 is 6.03 Å². The molecule has 0 aromatic carbocycles. The molecule has 0 unspecified atom stereocenters. The Balaban J connectivity index is 1.51. The highest BCUT2D eigenvalue weighted by Crippen LogP contribution is 2.24. The molecule has 3 heterocycles. The predicted octanol–water partition coefficient (Wildman–Crippen LogP) is 2.69. The topological polar surface area (TPSA) is 52.8 Å². The van der Waals surface area contributed by atoms with Crippen LogP contribution in [0.4, 0.5) is 4.79 Å². The predicted molar refractivity (Wildman–Crippen MR) is 92.9 cm³/mol. The summed E-state index contributed by atoms with van der Waals surface area (Å²) in [5.41, 5.74) is 1.03. The summed E-state index contributed by atoms with van der Waals surface area (Å²) in [4.78, 5) is 23.3. The zero-order valence-electron chi connectivity index (χ0n) is 15.4. The number of carbonyl (C=O) groups excluding carboxylic acids is 1. The van der Waals surface area contributed by atoms with E-state index in [1.807, 2.05) is 11.8 Å². The number of carbonyl (C=O) groups is 1. The lowest BCUT2D eigenvalue weighted by atomic mass is 9.93. The fraction of sp³-hybridized carbons (Fsp3) is 0.778. The van der Waals surface area contributed by atoms with Crippen LogP contribution in [0.25, 0.3) is 0 Å². The molecule has 6 nitrogen and oxygen atoms in total. The molecule has 0 radical (unpaired) electrons. The molecule has 2 amide bonds. The molecule has 0 saturated carbocycles. The fourth-order valence-electron chi connectivity index (χ4n) is 3.54. The van der Waals surface area contributed by atoms with Gasteiger partial charge < -0.3 is 14.2 Å². The maximum atomic E-state index is 12.3. The molecule has 0 N–H and O–H groups in total. The molecule has 0 atom stereocenters. The number of aromatic nitrogens is 1. The van der Waals surface area contributed by atoms with E-state index in [1.54, 1.807) is 6.26 Å². The summed E-state index contributed by atoms with van der Waals surface area (Å²) in [6.45, 7) is 13.8. The van der Waals surface area contributed by atoms with Gasteiger partial charge in [0.25, 0.3) is 0 Å². The molecule has 2 saturated heterocycles. The van der Waals surface area contributed by atoms with Gasteiger partial charge in [0.1, 0.15) is 6.26 Å². The number of likely N-dealkylation sites (tertiary alicyclic amines) is 1. The average molecular weight is 334 g/mol. The van der Waals surface area contributed by atoms with Crippen molar-refractivity contribution in [1.29, 1.82) is 0 Å². The Labute approximate surface area is 144 Å². The normalized spacial score (nSPS) is 21.1. The Morgan fingerprint density at radius 3 is 2.46 bits per heavy atom. The monoisotopic (exact) mass is 334 g/mol. The molecule has 24 heavy (non-hydrogen) atoms. The summed E-state index contributed by atoms with van der Waals surface area (Å²) in [5, 5.41) is 0. The quantitative estimate of drug-likeness (QED) is 0.849. The lowest BCUT2D eigenvalue weighted by molar-refractivity contribution is 0.121. The van der Waals surface area contributed by atoms with E-state index in [-0.39, 0.29) is 11.4 Å². The maximum absolute atomic E-state index is 12.3. The first kappa shape index (κ1) is 17.3.